The summed E-state index contributed by atoms with van der Waals surface area (Å²) >= 11 is 9.19. The molecule has 3 nitrogen and oxygen atoms in total. The molecule has 2 rings (SSSR count). The fraction of sp³-hybridized carbons (Fsp3) is 0.0714. The van der Waals surface area contributed by atoms with Gasteiger partial charge in [0.05, 0.1) is 12.1 Å². The Bertz CT molecular complexity index is 643. The number of benzene rings is 2. The van der Waals surface area contributed by atoms with Crippen LogP contribution in [0.3, 0.4) is 0 Å². The van der Waals surface area contributed by atoms with E-state index < -0.39 is 5.82 Å². The molecule has 0 saturated carbocycles. The van der Waals surface area contributed by atoms with Gasteiger partial charge in [0.15, 0.2) is 0 Å². The summed E-state index contributed by atoms with van der Waals surface area (Å²) in [6, 6.07) is 9.35. The number of carbonyl (C=O) groups is 1. The zero-order chi connectivity index (χ0) is 14.7. The summed E-state index contributed by atoms with van der Waals surface area (Å²) in [7, 11) is 0. The molecule has 20 heavy (non-hydrogen) atoms. The fourth-order valence-corrected chi connectivity index (χ4v) is 2.27. The molecule has 2 aromatic carbocycles. The average molecular weight is 358 g/mol. The zero-order valence-electron chi connectivity index (χ0n) is 10.3. The van der Waals surface area contributed by atoms with E-state index in [0.29, 0.717) is 15.8 Å². The zero-order valence-corrected chi connectivity index (χ0v) is 12.6. The maximum absolute atomic E-state index is 13.6. The molecule has 0 aliphatic heterocycles. The van der Waals surface area contributed by atoms with Crippen LogP contribution in [-0.2, 0) is 11.2 Å². The first-order valence-corrected chi connectivity index (χ1v) is 6.92. The van der Waals surface area contributed by atoms with Crippen LogP contribution in [0.2, 0.25) is 5.02 Å². The Morgan fingerprint density at radius 2 is 2.10 bits per heavy atom. The molecule has 0 aromatic heterocycles. The number of nitrogens with two attached hydrogens (primary N) is 1. The van der Waals surface area contributed by atoms with Crippen LogP contribution >= 0.6 is 27.5 Å². The Morgan fingerprint density at radius 3 is 2.80 bits per heavy atom. The molecule has 0 aliphatic rings. The smallest absolute Gasteiger partial charge is 0.228 e. The molecule has 0 fully saturated rings. The highest BCUT2D eigenvalue weighted by atomic mass is 79.9. The van der Waals surface area contributed by atoms with Crippen LogP contribution < -0.4 is 11.1 Å². The van der Waals surface area contributed by atoms with Gasteiger partial charge in [-0.15, -0.1) is 0 Å². The summed E-state index contributed by atoms with van der Waals surface area (Å²) < 4.78 is 14.3. The molecule has 6 heteroatoms. The standard InChI is InChI=1S/C14H11BrClFN2O/c15-10-5-4-8(18)6-13(10)19-14(20)7-9-11(16)2-1-3-12(9)17/h1-6H,7,18H2,(H,19,20). The predicted octanol–water partition coefficient (Wildman–Crippen LogP) is 4.01. The van der Waals surface area contributed by atoms with Gasteiger partial charge in [0.25, 0.3) is 0 Å². The van der Waals surface area contributed by atoms with Gasteiger partial charge in [0.2, 0.25) is 5.91 Å². The number of halogens is 3. The molecule has 0 bridgehead atoms. The van der Waals surface area contributed by atoms with Crippen LogP contribution in [0.25, 0.3) is 0 Å². The Balaban J connectivity index is 2.15. The number of nitrogen functional groups attached to an aromatic ring is 1. The lowest BCUT2D eigenvalue weighted by Crippen LogP contribution is -2.16. The summed E-state index contributed by atoms with van der Waals surface area (Å²) in [6.07, 6.45) is -0.146. The number of hydrogen-bond acceptors (Lipinski definition) is 2. The molecule has 0 spiro atoms. The Morgan fingerprint density at radius 1 is 1.35 bits per heavy atom. The van der Waals surface area contributed by atoms with Crippen molar-refractivity contribution < 1.29 is 9.18 Å². The minimum absolute atomic E-state index is 0.146. The second kappa shape index (κ2) is 6.24. The highest BCUT2D eigenvalue weighted by Gasteiger charge is 2.13. The summed E-state index contributed by atoms with van der Waals surface area (Å²) in [5, 5.41) is 2.89. The van der Waals surface area contributed by atoms with E-state index in [2.05, 4.69) is 21.2 Å². The first kappa shape index (κ1) is 14.8. The monoisotopic (exact) mass is 356 g/mol. The first-order chi connectivity index (χ1) is 9.47. The van der Waals surface area contributed by atoms with E-state index in [4.69, 9.17) is 17.3 Å². The van der Waals surface area contributed by atoms with Gasteiger partial charge in [-0.1, -0.05) is 17.7 Å². The van der Waals surface area contributed by atoms with Crippen molar-refractivity contribution in [1.29, 1.82) is 0 Å². The van der Waals surface area contributed by atoms with E-state index in [9.17, 15) is 9.18 Å². The third-order valence-corrected chi connectivity index (χ3v) is 3.71. The van der Waals surface area contributed by atoms with E-state index in [1.807, 2.05) is 0 Å². The van der Waals surface area contributed by atoms with E-state index in [0.717, 1.165) is 0 Å². The van der Waals surface area contributed by atoms with Gasteiger partial charge in [-0.05, 0) is 46.3 Å². The Kier molecular flexibility index (Phi) is 4.62. The molecule has 2 aromatic rings. The maximum atomic E-state index is 13.6. The van der Waals surface area contributed by atoms with Crippen LogP contribution in [0.15, 0.2) is 40.9 Å². The summed E-state index contributed by atoms with van der Waals surface area (Å²) in [4.78, 5) is 12.0. The predicted molar refractivity (Wildman–Crippen MR) is 82.3 cm³/mol. The van der Waals surface area contributed by atoms with Crippen molar-refractivity contribution in [3.05, 3.63) is 57.3 Å². The topological polar surface area (TPSA) is 55.1 Å². The molecule has 0 aliphatic carbocycles. The molecular weight excluding hydrogens is 347 g/mol. The highest BCUT2D eigenvalue weighted by molar-refractivity contribution is 9.10. The summed E-state index contributed by atoms with van der Waals surface area (Å²) in [5.74, 6) is -0.873. The minimum Gasteiger partial charge on any atom is -0.399 e. The van der Waals surface area contributed by atoms with Gasteiger partial charge in [-0.3, -0.25) is 4.79 Å². The second-order valence-corrected chi connectivity index (χ2v) is 5.43. The van der Waals surface area contributed by atoms with Crippen molar-refractivity contribution in [2.24, 2.45) is 0 Å². The third kappa shape index (κ3) is 3.49. The minimum atomic E-state index is -0.501. The van der Waals surface area contributed by atoms with Gasteiger partial charge in [-0.25, -0.2) is 4.39 Å². The number of amides is 1. The lowest BCUT2D eigenvalue weighted by atomic mass is 10.1. The van der Waals surface area contributed by atoms with Gasteiger partial charge in [0.1, 0.15) is 5.82 Å². The maximum Gasteiger partial charge on any atom is 0.228 e. The second-order valence-electron chi connectivity index (χ2n) is 4.16. The van der Waals surface area contributed by atoms with Crippen LogP contribution in [0.4, 0.5) is 15.8 Å². The van der Waals surface area contributed by atoms with Gasteiger partial charge < -0.3 is 11.1 Å². The molecular formula is C14H11BrClFN2O. The van der Waals surface area contributed by atoms with Crippen molar-refractivity contribution in [3.63, 3.8) is 0 Å². The van der Waals surface area contributed by atoms with Crippen LogP contribution in [0, 0.1) is 5.82 Å². The molecule has 1 amide bonds. The largest absolute Gasteiger partial charge is 0.399 e. The molecule has 0 saturated heterocycles. The van der Waals surface area contributed by atoms with Gasteiger partial charge >= 0.3 is 0 Å². The Hall–Kier alpha value is -1.59. The molecule has 0 unspecified atom stereocenters. The lowest BCUT2D eigenvalue weighted by Gasteiger charge is -2.09. The molecule has 0 radical (unpaired) electrons. The van der Waals surface area contributed by atoms with Crippen LogP contribution in [-0.4, -0.2) is 5.91 Å². The summed E-state index contributed by atoms with van der Waals surface area (Å²) in [6.45, 7) is 0. The van der Waals surface area contributed by atoms with Crippen LogP contribution in [0.5, 0.6) is 0 Å². The van der Waals surface area contributed by atoms with E-state index in [-0.39, 0.29) is 22.9 Å². The van der Waals surface area contributed by atoms with E-state index >= 15 is 0 Å². The van der Waals surface area contributed by atoms with Gasteiger partial charge in [0, 0.05) is 20.7 Å². The molecule has 0 atom stereocenters. The molecule has 0 heterocycles. The lowest BCUT2D eigenvalue weighted by molar-refractivity contribution is -0.115. The number of rotatable bonds is 3. The number of hydrogen-bond donors (Lipinski definition) is 2. The number of nitrogens with one attached hydrogen (secondary N) is 1. The molecule has 3 N–H and O–H groups in total. The van der Waals surface area contributed by atoms with Crippen molar-refractivity contribution >= 4 is 44.8 Å². The van der Waals surface area contributed by atoms with Crippen molar-refractivity contribution in [1.82, 2.24) is 0 Å². The number of carbonyl (C=O) groups excluding carboxylic acids is 1. The first-order valence-electron chi connectivity index (χ1n) is 5.75. The van der Waals surface area contributed by atoms with Crippen molar-refractivity contribution in [2.75, 3.05) is 11.1 Å². The van der Waals surface area contributed by atoms with Crippen molar-refractivity contribution in [3.8, 4) is 0 Å². The number of anilines is 2. The third-order valence-electron chi connectivity index (χ3n) is 2.66. The van der Waals surface area contributed by atoms with E-state index in [1.165, 1.54) is 12.1 Å². The Labute approximate surface area is 129 Å². The highest BCUT2D eigenvalue weighted by Crippen LogP contribution is 2.25. The van der Waals surface area contributed by atoms with E-state index in [1.54, 1.807) is 24.3 Å². The van der Waals surface area contributed by atoms with Crippen molar-refractivity contribution in [2.45, 2.75) is 6.42 Å². The van der Waals surface area contributed by atoms with Gasteiger partial charge in [-0.2, -0.15) is 0 Å². The quantitative estimate of drug-likeness (QED) is 0.816. The summed E-state index contributed by atoms with van der Waals surface area (Å²) in [5.41, 5.74) is 6.87. The fourth-order valence-electron chi connectivity index (χ4n) is 1.69. The average Bonchev–Trinajstić information content (AvgIpc) is 2.38. The normalized spacial score (nSPS) is 10.3. The van der Waals surface area contributed by atoms with Crippen LogP contribution in [0.1, 0.15) is 5.56 Å². The SMILES string of the molecule is Nc1ccc(Br)c(NC(=O)Cc2c(F)cccc2Cl)c1. The molecule has 104 valence electrons.